The third-order valence-corrected chi connectivity index (χ3v) is 5.30. The average Bonchev–Trinajstić information content (AvgIpc) is 2.87. The highest BCUT2D eigenvalue weighted by molar-refractivity contribution is 14.0. The van der Waals surface area contributed by atoms with Gasteiger partial charge in [-0.25, -0.2) is 9.98 Å². The van der Waals surface area contributed by atoms with Crippen molar-refractivity contribution in [3.05, 3.63) is 28.2 Å². The second-order valence-corrected chi connectivity index (χ2v) is 7.27. The van der Waals surface area contributed by atoms with Crippen LogP contribution in [0.2, 0.25) is 5.02 Å². The molecule has 1 saturated heterocycles. The summed E-state index contributed by atoms with van der Waals surface area (Å²) in [5, 5.41) is 1.68. The molecule has 4 nitrogen and oxygen atoms in total. The van der Waals surface area contributed by atoms with Crippen molar-refractivity contribution in [2.75, 3.05) is 24.6 Å². The van der Waals surface area contributed by atoms with E-state index in [-0.39, 0.29) is 24.0 Å². The molecular weight excluding hydrogens is 439 g/mol. The topological polar surface area (TPSA) is 54.5 Å². The summed E-state index contributed by atoms with van der Waals surface area (Å²) in [4.78, 5) is 11.1. The maximum atomic E-state index is 6.04. The molecule has 0 atom stereocenters. The molecule has 1 aromatic heterocycles. The second-order valence-electron chi connectivity index (χ2n) is 4.49. The number of hydrogen-bond acceptors (Lipinski definition) is 4. The van der Waals surface area contributed by atoms with Gasteiger partial charge in [-0.3, -0.25) is 0 Å². The highest BCUT2D eigenvalue weighted by Crippen LogP contribution is 2.25. The number of thiazole rings is 1. The molecule has 21 heavy (non-hydrogen) atoms. The highest BCUT2D eigenvalue weighted by atomic mass is 127. The quantitative estimate of drug-likeness (QED) is 0.429. The summed E-state index contributed by atoms with van der Waals surface area (Å²) in [6.45, 7) is 2.50. The van der Waals surface area contributed by atoms with Crippen LogP contribution in [0.3, 0.4) is 0 Å². The summed E-state index contributed by atoms with van der Waals surface area (Å²) in [7, 11) is 0. The molecule has 0 unspecified atom stereocenters. The Morgan fingerprint density at radius 3 is 2.90 bits per heavy atom. The molecule has 2 aromatic rings. The van der Waals surface area contributed by atoms with Crippen molar-refractivity contribution in [2.45, 2.75) is 6.54 Å². The summed E-state index contributed by atoms with van der Waals surface area (Å²) in [5.74, 6) is 2.87. The smallest absolute Gasteiger partial charge is 0.191 e. The average molecular weight is 455 g/mol. The Kier molecular flexibility index (Phi) is 6.39. The van der Waals surface area contributed by atoms with E-state index in [0.29, 0.717) is 17.5 Å². The molecule has 2 heterocycles. The van der Waals surface area contributed by atoms with Gasteiger partial charge in [0.25, 0.3) is 0 Å². The first-order valence-electron chi connectivity index (χ1n) is 6.40. The van der Waals surface area contributed by atoms with Gasteiger partial charge in [-0.05, 0) is 18.2 Å². The van der Waals surface area contributed by atoms with Crippen molar-refractivity contribution >= 4 is 74.9 Å². The fourth-order valence-corrected chi connectivity index (χ4v) is 4.00. The molecule has 0 saturated carbocycles. The van der Waals surface area contributed by atoms with Crippen molar-refractivity contribution in [3.8, 4) is 0 Å². The van der Waals surface area contributed by atoms with E-state index in [0.717, 1.165) is 39.8 Å². The number of guanidine groups is 1. The third-order valence-electron chi connectivity index (χ3n) is 3.11. The molecule has 0 amide bonds. The van der Waals surface area contributed by atoms with Crippen molar-refractivity contribution in [2.24, 2.45) is 10.7 Å². The van der Waals surface area contributed by atoms with E-state index in [1.807, 2.05) is 30.0 Å². The van der Waals surface area contributed by atoms with Crippen LogP contribution in [0.15, 0.2) is 23.2 Å². The van der Waals surface area contributed by atoms with Crippen molar-refractivity contribution in [1.82, 2.24) is 9.88 Å². The summed E-state index contributed by atoms with van der Waals surface area (Å²) in [6.07, 6.45) is 0. The number of aliphatic imine (C=N–C) groups is 1. The fraction of sp³-hybridized carbons (Fsp3) is 0.385. The predicted molar refractivity (Wildman–Crippen MR) is 104 cm³/mol. The van der Waals surface area contributed by atoms with Gasteiger partial charge in [0.15, 0.2) is 5.96 Å². The number of hydrogen-bond donors (Lipinski definition) is 1. The molecule has 0 spiro atoms. The van der Waals surface area contributed by atoms with E-state index < -0.39 is 0 Å². The molecule has 1 aromatic carbocycles. The van der Waals surface area contributed by atoms with E-state index in [2.05, 4.69) is 14.9 Å². The van der Waals surface area contributed by atoms with Crippen molar-refractivity contribution in [3.63, 3.8) is 0 Å². The summed E-state index contributed by atoms with van der Waals surface area (Å²) in [5.41, 5.74) is 6.97. The Bertz CT molecular complexity index is 640. The van der Waals surface area contributed by atoms with Crippen LogP contribution in [0.25, 0.3) is 10.2 Å². The van der Waals surface area contributed by atoms with Crippen LogP contribution in [-0.2, 0) is 6.54 Å². The lowest BCUT2D eigenvalue weighted by molar-refractivity contribution is 0.455. The molecule has 114 valence electrons. The number of nitrogens with two attached hydrogens (primary N) is 1. The number of halogens is 2. The number of aromatic nitrogens is 1. The van der Waals surface area contributed by atoms with Gasteiger partial charge < -0.3 is 10.6 Å². The number of fused-ring (bicyclic) bond motifs is 1. The van der Waals surface area contributed by atoms with Gasteiger partial charge in [0.1, 0.15) is 5.01 Å². The zero-order valence-electron chi connectivity index (χ0n) is 11.3. The summed E-state index contributed by atoms with van der Waals surface area (Å²) < 4.78 is 1.13. The molecule has 1 aliphatic heterocycles. The van der Waals surface area contributed by atoms with Gasteiger partial charge in [-0.15, -0.1) is 35.3 Å². The Hall–Kier alpha value is -0.250. The summed E-state index contributed by atoms with van der Waals surface area (Å²) in [6, 6.07) is 5.76. The molecule has 0 aliphatic carbocycles. The maximum Gasteiger partial charge on any atom is 0.191 e. The van der Waals surface area contributed by atoms with E-state index >= 15 is 0 Å². The largest absolute Gasteiger partial charge is 0.370 e. The molecule has 8 heteroatoms. The highest BCUT2D eigenvalue weighted by Gasteiger charge is 2.12. The number of benzene rings is 1. The van der Waals surface area contributed by atoms with Crippen LogP contribution >= 0.6 is 58.7 Å². The number of rotatable bonds is 2. The standard InChI is InChI=1S/C13H15ClN4S2.HI/c14-9-1-2-11-10(7-9)17-12(20-11)8-16-13(15)18-3-5-19-6-4-18;/h1-2,7H,3-6,8H2,(H2,15,16);1H. The van der Waals surface area contributed by atoms with Crippen LogP contribution in [0.1, 0.15) is 5.01 Å². The summed E-state index contributed by atoms with van der Waals surface area (Å²) >= 11 is 9.56. The predicted octanol–water partition coefficient (Wildman–Crippen LogP) is 3.43. The van der Waals surface area contributed by atoms with E-state index in [1.54, 1.807) is 11.3 Å². The minimum absolute atomic E-state index is 0. The normalized spacial score (nSPS) is 16.0. The SMILES string of the molecule is I.NC(=NCc1nc2cc(Cl)ccc2s1)N1CCSCC1. The first kappa shape index (κ1) is 17.1. The molecular formula is C13H16ClIN4S2. The minimum Gasteiger partial charge on any atom is -0.370 e. The Labute approximate surface area is 154 Å². The van der Waals surface area contributed by atoms with Crippen LogP contribution in [-0.4, -0.2) is 40.4 Å². The Morgan fingerprint density at radius 1 is 1.38 bits per heavy atom. The van der Waals surface area contributed by atoms with Crippen LogP contribution < -0.4 is 5.73 Å². The van der Waals surface area contributed by atoms with E-state index in [4.69, 9.17) is 17.3 Å². The monoisotopic (exact) mass is 454 g/mol. The minimum atomic E-state index is 0. The zero-order valence-corrected chi connectivity index (χ0v) is 16.0. The number of thioether (sulfide) groups is 1. The van der Waals surface area contributed by atoms with Crippen LogP contribution in [0, 0.1) is 0 Å². The lowest BCUT2D eigenvalue weighted by atomic mass is 10.3. The van der Waals surface area contributed by atoms with E-state index in [1.165, 1.54) is 0 Å². The molecule has 0 bridgehead atoms. The third kappa shape index (κ3) is 4.37. The lowest BCUT2D eigenvalue weighted by Crippen LogP contribution is -2.42. The first-order chi connectivity index (χ1) is 9.72. The van der Waals surface area contributed by atoms with Gasteiger partial charge in [0.05, 0.1) is 16.8 Å². The zero-order chi connectivity index (χ0) is 13.9. The fourth-order valence-electron chi connectivity index (χ4n) is 2.06. The molecule has 3 rings (SSSR count). The second kappa shape index (κ2) is 7.85. The molecule has 0 radical (unpaired) electrons. The van der Waals surface area contributed by atoms with Crippen LogP contribution in [0.5, 0.6) is 0 Å². The Balaban J connectivity index is 0.00000161. The van der Waals surface area contributed by atoms with Gasteiger partial charge in [-0.2, -0.15) is 11.8 Å². The van der Waals surface area contributed by atoms with Crippen LogP contribution in [0.4, 0.5) is 0 Å². The van der Waals surface area contributed by atoms with Gasteiger partial charge in [0.2, 0.25) is 0 Å². The first-order valence-corrected chi connectivity index (χ1v) is 8.75. The van der Waals surface area contributed by atoms with Gasteiger partial charge in [0, 0.05) is 29.6 Å². The lowest BCUT2D eigenvalue weighted by Gasteiger charge is -2.27. The molecule has 1 fully saturated rings. The number of nitrogens with zero attached hydrogens (tertiary/aromatic N) is 3. The van der Waals surface area contributed by atoms with Gasteiger partial charge >= 0.3 is 0 Å². The van der Waals surface area contributed by atoms with Crippen molar-refractivity contribution < 1.29 is 0 Å². The van der Waals surface area contributed by atoms with Crippen molar-refractivity contribution in [1.29, 1.82) is 0 Å². The molecule has 1 aliphatic rings. The van der Waals surface area contributed by atoms with Gasteiger partial charge in [-0.1, -0.05) is 11.6 Å². The Morgan fingerprint density at radius 2 is 2.14 bits per heavy atom. The molecule has 2 N–H and O–H groups in total. The maximum absolute atomic E-state index is 6.04. The van der Waals surface area contributed by atoms with E-state index in [9.17, 15) is 0 Å².